The summed E-state index contributed by atoms with van der Waals surface area (Å²) >= 11 is 0. The summed E-state index contributed by atoms with van der Waals surface area (Å²) in [5.74, 6) is -0.0524. The summed E-state index contributed by atoms with van der Waals surface area (Å²) < 4.78 is 0. The molecule has 1 amide bonds. The lowest BCUT2D eigenvalue weighted by Crippen LogP contribution is -2.15. The third kappa shape index (κ3) is 2.48. The number of benzene rings is 1. The molecule has 0 unspecified atom stereocenters. The number of carbonyl (C=O) groups is 1. The van der Waals surface area contributed by atoms with Crippen LogP contribution >= 0.6 is 0 Å². The van der Waals surface area contributed by atoms with Gasteiger partial charge >= 0.3 is 0 Å². The van der Waals surface area contributed by atoms with Gasteiger partial charge in [0.25, 0.3) is 5.91 Å². The number of amides is 1. The van der Waals surface area contributed by atoms with Gasteiger partial charge in [-0.1, -0.05) is 5.21 Å². The summed E-state index contributed by atoms with van der Waals surface area (Å²) in [5.41, 5.74) is 12.3. The maximum Gasteiger partial charge on any atom is 0.250 e. The number of hydrogen-bond donors (Lipinski definition) is 4. The molecule has 0 spiro atoms. The van der Waals surface area contributed by atoms with Crippen LogP contribution in [0.4, 0.5) is 11.4 Å². The molecule has 0 bridgehead atoms. The van der Waals surface area contributed by atoms with Gasteiger partial charge in [-0.15, -0.1) is 10.2 Å². The van der Waals surface area contributed by atoms with Crippen molar-refractivity contribution in [3.63, 3.8) is 0 Å². The molecule has 0 radical (unpaired) electrons. The lowest BCUT2D eigenvalue weighted by atomic mass is 10.1. The van der Waals surface area contributed by atoms with Gasteiger partial charge in [0.05, 0.1) is 12.1 Å². The predicted octanol–water partition coefficient (Wildman–Crippen LogP) is -0.507. The minimum absolute atomic E-state index is 0.320. The fourth-order valence-electron chi connectivity index (χ4n) is 1.35. The van der Waals surface area contributed by atoms with Gasteiger partial charge in [-0.25, -0.2) is 0 Å². The van der Waals surface area contributed by atoms with Crippen molar-refractivity contribution in [2.75, 3.05) is 11.1 Å². The first-order valence-corrected chi connectivity index (χ1v) is 4.82. The molecule has 0 atom stereocenters. The molecule has 8 nitrogen and oxygen atoms in total. The smallest absolute Gasteiger partial charge is 0.250 e. The summed E-state index contributed by atoms with van der Waals surface area (Å²) in [6.07, 6.45) is 0. The van der Waals surface area contributed by atoms with Crippen molar-refractivity contribution >= 4 is 17.3 Å². The van der Waals surface area contributed by atoms with Gasteiger partial charge in [-0.3, -0.25) is 4.79 Å². The molecule has 8 heteroatoms. The van der Waals surface area contributed by atoms with Crippen molar-refractivity contribution in [3.8, 4) is 0 Å². The number of nitrogen functional groups attached to an aromatic ring is 1. The van der Waals surface area contributed by atoms with Crippen molar-refractivity contribution in [1.82, 2.24) is 20.6 Å². The van der Waals surface area contributed by atoms with E-state index in [2.05, 4.69) is 25.9 Å². The second kappa shape index (κ2) is 4.47. The number of nitrogens with two attached hydrogens (primary N) is 2. The maximum atomic E-state index is 11.2. The normalized spacial score (nSPS) is 10.1. The fraction of sp³-hybridized carbons (Fsp3) is 0.111. The number of rotatable bonds is 4. The minimum atomic E-state index is -0.527. The number of H-pyrrole nitrogens is 1. The van der Waals surface area contributed by atoms with Crippen LogP contribution in [-0.4, -0.2) is 26.5 Å². The van der Waals surface area contributed by atoms with Gasteiger partial charge in [0.15, 0.2) is 5.82 Å². The molecule has 0 saturated heterocycles. The molecule has 1 heterocycles. The number of nitrogens with one attached hydrogen (secondary N) is 2. The predicted molar refractivity (Wildman–Crippen MR) is 60.9 cm³/mol. The van der Waals surface area contributed by atoms with Crippen LogP contribution in [0.5, 0.6) is 0 Å². The monoisotopic (exact) mass is 233 g/mol. The number of anilines is 2. The number of carbonyl (C=O) groups excluding carboxylic acids is 1. The lowest BCUT2D eigenvalue weighted by molar-refractivity contribution is 0.100. The van der Waals surface area contributed by atoms with Gasteiger partial charge in [0, 0.05) is 11.4 Å². The molecular weight excluding hydrogens is 222 g/mol. The molecule has 88 valence electrons. The van der Waals surface area contributed by atoms with Crippen LogP contribution in [0.15, 0.2) is 18.2 Å². The van der Waals surface area contributed by atoms with Gasteiger partial charge in [-0.05, 0) is 18.2 Å². The molecule has 0 aliphatic heterocycles. The maximum absolute atomic E-state index is 11.2. The highest BCUT2D eigenvalue weighted by atomic mass is 16.1. The van der Waals surface area contributed by atoms with E-state index in [1.165, 1.54) is 0 Å². The Bertz CT molecular complexity index is 522. The zero-order valence-electron chi connectivity index (χ0n) is 8.84. The summed E-state index contributed by atoms with van der Waals surface area (Å²) in [7, 11) is 0. The van der Waals surface area contributed by atoms with E-state index in [0.717, 1.165) is 0 Å². The standard InChI is InChI=1S/C9H11N7O/c10-5-1-2-6(9(11)17)7(3-5)12-4-8-13-15-16-14-8/h1-3,12H,4,10H2,(H2,11,17)(H,13,14,15,16). The quantitative estimate of drug-likeness (QED) is 0.525. The molecule has 6 N–H and O–H groups in total. The largest absolute Gasteiger partial charge is 0.399 e. The van der Waals surface area contributed by atoms with Crippen LogP contribution in [0.2, 0.25) is 0 Å². The Kier molecular flexibility index (Phi) is 2.86. The van der Waals surface area contributed by atoms with Gasteiger partial charge in [0.1, 0.15) is 0 Å². The highest BCUT2D eigenvalue weighted by Gasteiger charge is 2.08. The van der Waals surface area contributed by atoms with E-state index in [1.807, 2.05) is 0 Å². The third-order valence-corrected chi connectivity index (χ3v) is 2.14. The number of aromatic amines is 1. The Morgan fingerprint density at radius 3 is 2.94 bits per heavy atom. The summed E-state index contributed by atoms with van der Waals surface area (Å²) in [6, 6.07) is 4.80. The average molecular weight is 233 g/mol. The van der Waals surface area contributed by atoms with E-state index in [1.54, 1.807) is 18.2 Å². The first-order chi connectivity index (χ1) is 8.16. The summed E-state index contributed by atoms with van der Waals surface area (Å²) in [5, 5.41) is 16.3. The Morgan fingerprint density at radius 2 is 2.29 bits per heavy atom. The lowest BCUT2D eigenvalue weighted by Gasteiger charge is -2.09. The number of tetrazole rings is 1. The number of primary amides is 1. The molecule has 1 aromatic carbocycles. The van der Waals surface area contributed by atoms with Crippen molar-refractivity contribution in [3.05, 3.63) is 29.6 Å². The van der Waals surface area contributed by atoms with E-state index in [4.69, 9.17) is 11.5 Å². The second-order valence-corrected chi connectivity index (χ2v) is 3.35. The van der Waals surface area contributed by atoms with Gasteiger partial charge in [-0.2, -0.15) is 5.21 Å². The zero-order chi connectivity index (χ0) is 12.3. The van der Waals surface area contributed by atoms with E-state index < -0.39 is 5.91 Å². The molecule has 0 aliphatic carbocycles. The Morgan fingerprint density at radius 1 is 1.47 bits per heavy atom. The number of nitrogens with zero attached hydrogens (tertiary/aromatic N) is 3. The third-order valence-electron chi connectivity index (χ3n) is 2.14. The first-order valence-electron chi connectivity index (χ1n) is 4.82. The molecule has 2 aromatic rings. The fourth-order valence-corrected chi connectivity index (χ4v) is 1.35. The molecule has 1 aromatic heterocycles. The van der Waals surface area contributed by atoms with Crippen LogP contribution < -0.4 is 16.8 Å². The van der Waals surface area contributed by atoms with E-state index >= 15 is 0 Å². The summed E-state index contributed by atoms with van der Waals surface area (Å²) in [6.45, 7) is 0.320. The van der Waals surface area contributed by atoms with Crippen LogP contribution in [0.1, 0.15) is 16.2 Å². The molecule has 2 rings (SSSR count). The molecule has 0 saturated carbocycles. The van der Waals surface area contributed by atoms with Crippen molar-refractivity contribution < 1.29 is 4.79 Å². The van der Waals surface area contributed by atoms with E-state index in [9.17, 15) is 4.79 Å². The van der Waals surface area contributed by atoms with E-state index in [0.29, 0.717) is 29.3 Å². The average Bonchev–Trinajstić information content (AvgIpc) is 2.78. The zero-order valence-corrected chi connectivity index (χ0v) is 8.84. The molecular formula is C9H11N7O. The van der Waals surface area contributed by atoms with E-state index in [-0.39, 0.29) is 0 Å². The second-order valence-electron chi connectivity index (χ2n) is 3.35. The summed E-state index contributed by atoms with van der Waals surface area (Å²) in [4.78, 5) is 11.2. The topological polar surface area (TPSA) is 136 Å². The van der Waals surface area contributed by atoms with Gasteiger partial charge in [0.2, 0.25) is 0 Å². The SMILES string of the molecule is NC(=O)c1ccc(N)cc1NCc1nn[nH]n1. The van der Waals surface area contributed by atoms with Crippen molar-refractivity contribution in [1.29, 1.82) is 0 Å². The minimum Gasteiger partial charge on any atom is -0.399 e. The van der Waals surface area contributed by atoms with Crippen LogP contribution in [0, 0.1) is 0 Å². The number of aromatic nitrogens is 4. The molecule has 0 fully saturated rings. The highest BCUT2D eigenvalue weighted by Crippen LogP contribution is 2.19. The first kappa shape index (κ1) is 10.9. The Labute approximate surface area is 96.4 Å². The molecule has 0 aliphatic rings. The van der Waals surface area contributed by atoms with Crippen LogP contribution in [0.3, 0.4) is 0 Å². The van der Waals surface area contributed by atoms with Crippen molar-refractivity contribution in [2.24, 2.45) is 5.73 Å². The van der Waals surface area contributed by atoms with Gasteiger partial charge < -0.3 is 16.8 Å². The van der Waals surface area contributed by atoms with Crippen LogP contribution in [-0.2, 0) is 6.54 Å². The Balaban J connectivity index is 2.19. The Hall–Kier alpha value is -2.64. The molecule has 17 heavy (non-hydrogen) atoms. The van der Waals surface area contributed by atoms with Crippen molar-refractivity contribution in [2.45, 2.75) is 6.54 Å². The number of hydrogen-bond acceptors (Lipinski definition) is 6. The highest BCUT2D eigenvalue weighted by molar-refractivity contribution is 5.99. The van der Waals surface area contributed by atoms with Crippen LogP contribution in [0.25, 0.3) is 0 Å².